The number of aliphatic hydroxyl groups is 2. The number of imidazole rings is 1. The van der Waals surface area contributed by atoms with Crippen LogP contribution >= 0.6 is 0 Å². The van der Waals surface area contributed by atoms with Crippen molar-refractivity contribution in [2.75, 3.05) is 24.1 Å². The second-order valence-electron chi connectivity index (χ2n) is 7.61. The Morgan fingerprint density at radius 3 is 2.76 bits per heavy atom. The Labute approximate surface area is 193 Å². The quantitative estimate of drug-likeness (QED) is 0.179. The number of benzene rings is 1. The first-order valence-electron chi connectivity index (χ1n) is 10.6. The molecule has 4 atom stereocenters. The highest BCUT2D eigenvalue weighted by Gasteiger charge is 2.47. The van der Waals surface area contributed by atoms with Gasteiger partial charge in [-0.05, 0) is 24.4 Å². The van der Waals surface area contributed by atoms with Gasteiger partial charge in [0.2, 0.25) is 5.95 Å². The number of aliphatic hydroxyl groups excluding tert-OH is 2. The molecular formula is C20H24N10O4. The fourth-order valence-electron chi connectivity index (χ4n) is 3.68. The van der Waals surface area contributed by atoms with Crippen molar-refractivity contribution in [2.45, 2.75) is 37.9 Å². The zero-order valence-corrected chi connectivity index (χ0v) is 18.2. The predicted octanol–water partition coefficient (Wildman–Crippen LogP) is 0.760. The van der Waals surface area contributed by atoms with Crippen LogP contribution in [0.3, 0.4) is 0 Å². The molecule has 1 aromatic carbocycles. The fraction of sp³-hybridized carbons (Fsp3) is 0.400. The summed E-state index contributed by atoms with van der Waals surface area (Å²) in [6.07, 6.45) is -3.13. The van der Waals surface area contributed by atoms with Crippen molar-refractivity contribution < 1.29 is 19.7 Å². The van der Waals surface area contributed by atoms with Crippen LogP contribution in [-0.2, 0) is 16.0 Å². The summed E-state index contributed by atoms with van der Waals surface area (Å²) >= 11 is 0. The summed E-state index contributed by atoms with van der Waals surface area (Å²) in [6, 6.07) is 7.16. The molecule has 6 N–H and O–H groups in total. The van der Waals surface area contributed by atoms with Crippen LogP contribution in [0.5, 0.6) is 0 Å². The van der Waals surface area contributed by atoms with Crippen LogP contribution in [0, 0.1) is 0 Å². The molecule has 3 aromatic rings. The average molecular weight is 468 g/mol. The summed E-state index contributed by atoms with van der Waals surface area (Å²) in [5.74, 6) is -0.158. The van der Waals surface area contributed by atoms with Gasteiger partial charge < -0.3 is 31.3 Å². The zero-order valence-electron chi connectivity index (χ0n) is 18.2. The number of carbonyl (C=O) groups excluding carboxylic acids is 1. The largest absolute Gasteiger partial charge is 0.387 e. The second-order valence-corrected chi connectivity index (χ2v) is 7.61. The Bertz CT molecular complexity index is 1220. The maximum Gasteiger partial charge on any atom is 0.252 e. The molecule has 14 nitrogen and oxygen atoms in total. The van der Waals surface area contributed by atoms with E-state index in [4.69, 9.17) is 16.0 Å². The molecule has 0 saturated carbocycles. The maximum absolute atomic E-state index is 12.2. The molecule has 0 radical (unpaired) electrons. The van der Waals surface area contributed by atoms with Crippen molar-refractivity contribution in [3.05, 3.63) is 46.6 Å². The number of fused-ring (bicyclic) bond motifs is 1. The number of hydrogen-bond donors (Lipinski definition) is 5. The Hall–Kier alpha value is -3.97. The second kappa shape index (κ2) is 9.89. The number of nitrogen functional groups attached to an aromatic ring is 1. The summed E-state index contributed by atoms with van der Waals surface area (Å²) in [7, 11) is 0. The highest BCUT2D eigenvalue weighted by Crippen LogP contribution is 2.32. The van der Waals surface area contributed by atoms with E-state index in [-0.39, 0.29) is 17.4 Å². The number of ether oxygens (including phenoxy) is 1. The Morgan fingerprint density at radius 2 is 2.06 bits per heavy atom. The number of carbonyl (C=O) groups is 1. The number of hydrogen-bond acceptors (Lipinski definition) is 10. The number of amides is 1. The topological polar surface area (TPSA) is 209 Å². The molecule has 4 rings (SSSR count). The molecule has 3 heterocycles. The molecule has 0 spiro atoms. The summed E-state index contributed by atoms with van der Waals surface area (Å²) in [6.45, 7) is 2.58. The van der Waals surface area contributed by atoms with E-state index in [1.165, 1.54) is 10.9 Å². The standard InChI is InChI=1S/C20H24N10O4/c1-2-23-18(33)15-13(31)14(32)19(34-15)30-9-25-12-16(21)26-20(27-17(12)30)24-8-7-10-3-5-11(6-4-10)28-29-22/h3-6,9,13-15,19,31-32H,2,7-8H2,1H3,(H,23,33)(H3,21,24,26,27)/t13-,14+,15-,19+/m0/s1. The first-order valence-corrected chi connectivity index (χ1v) is 10.6. The van der Waals surface area contributed by atoms with E-state index in [0.717, 1.165) is 5.56 Å². The van der Waals surface area contributed by atoms with Crippen molar-refractivity contribution in [1.82, 2.24) is 24.8 Å². The SMILES string of the molecule is CCNC(=O)[C@H]1O[C@@H](n2cnc3c(N)nc(NCCc4ccc(N=[N+]=[N-])cc4)nc32)[C@H](O)[C@@H]1O. The number of likely N-dealkylation sites (N-methyl/N-ethyl adjacent to an activating group) is 1. The predicted molar refractivity (Wildman–Crippen MR) is 122 cm³/mol. The minimum atomic E-state index is -1.42. The molecule has 0 bridgehead atoms. The van der Waals surface area contributed by atoms with Crippen LogP contribution < -0.4 is 16.4 Å². The van der Waals surface area contributed by atoms with Gasteiger partial charge in [-0.2, -0.15) is 9.97 Å². The Kier molecular flexibility index (Phi) is 6.75. The summed E-state index contributed by atoms with van der Waals surface area (Å²) < 4.78 is 7.07. The van der Waals surface area contributed by atoms with Gasteiger partial charge in [-0.3, -0.25) is 9.36 Å². The Balaban J connectivity index is 1.50. The number of nitrogens with one attached hydrogen (secondary N) is 2. The van der Waals surface area contributed by atoms with Crippen molar-refractivity contribution >= 4 is 34.5 Å². The van der Waals surface area contributed by atoms with Crippen LogP contribution in [0.1, 0.15) is 18.7 Å². The van der Waals surface area contributed by atoms with E-state index in [0.29, 0.717) is 30.7 Å². The van der Waals surface area contributed by atoms with Crippen LogP contribution in [-0.4, -0.2) is 67.0 Å². The molecule has 1 fully saturated rings. The molecule has 1 amide bonds. The maximum atomic E-state index is 12.2. The van der Waals surface area contributed by atoms with E-state index in [1.54, 1.807) is 19.1 Å². The van der Waals surface area contributed by atoms with E-state index in [9.17, 15) is 15.0 Å². The number of aromatic nitrogens is 4. The van der Waals surface area contributed by atoms with Gasteiger partial charge in [0.15, 0.2) is 23.8 Å². The lowest BCUT2D eigenvalue weighted by molar-refractivity contribution is -0.137. The highest BCUT2D eigenvalue weighted by atomic mass is 16.6. The van der Waals surface area contributed by atoms with Gasteiger partial charge in [0.25, 0.3) is 5.91 Å². The van der Waals surface area contributed by atoms with Crippen LogP contribution in [0.25, 0.3) is 21.6 Å². The minimum Gasteiger partial charge on any atom is -0.387 e. The molecule has 14 heteroatoms. The average Bonchev–Trinajstić information content (AvgIpc) is 3.37. The molecule has 0 unspecified atom stereocenters. The lowest BCUT2D eigenvalue weighted by Gasteiger charge is -2.16. The Morgan fingerprint density at radius 1 is 1.29 bits per heavy atom. The van der Waals surface area contributed by atoms with Gasteiger partial charge >= 0.3 is 0 Å². The highest BCUT2D eigenvalue weighted by molar-refractivity contribution is 5.83. The van der Waals surface area contributed by atoms with E-state index in [2.05, 4.69) is 35.6 Å². The third-order valence-corrected chi connectivity index (χ3v) is 5.36. The molecule has 1 aliphatic rings. The first kappa shape index (κ1) is 23.2. The van der Waals surface area contributed by atoms with Crippen molar-refractivity contribution in [3.8, 4) is 0 Å². The van der Waals surface area contributed by atoms with Crippen LogP contribution in [0.15, 0.2) is 35.7 Å². The molecule has 0 aliphatic carbocycles. The number of nitrogens with two attached hydrogens (primary N) is 1. The summed E-state index contributed by atoms with van der Waals surface area (Å²) in [4.78, 5) is 27.8. The summed E-state index contributed by atoms with van der Waals surface area (Å²) in [5.41, 5.74) is 16.6. The minimum absolute atomic E-state index is 0.123. The number of anilines is 2. The molecule has 1 aliphatic heterocycles. The van der Waals surface area contributed by atoms with Gasteiger partial charge in [0.05, 0.1) is 6.33 Å². The number of nitrogens with zero attached hydrogens (tertiary/aromatic N) is 7. The van der Waals surface area contributed by atoms with Gasteiger partial charge in [-0.15, -0.1) is 0 Å². The fourth-order valence-corrected chi connectivity index (χ4v) is 3.68. The number of azide groups is 1. The van der Waals surface area contributed by atoms with Crippen LogP contribution in [0.4, 0.5) is 17.5 Å². The third kappa shape index (κ3) is 4.56. The van der Waals surface area contributed by atoms with Crippen molar-refractivity contribution in [3.63, 3.8) is 0 Å². The van der Waals surface area contributed by atoms with E-state index in [1.807, 2.05) is 12.1 Å². The van der Waals surface area contributed by atoms with Gasteiger partial charge in [0, 0.05) is 23.7 Å². The van der Waals surface area contributed by atoms with Gasteiger partial charge in [-0.1, -0.05) is 29.4 Å². The molecule has 1 saturated heterocycles. The zero-order chi connectivity index (χ0) is 24.2. The normalized spacial score (nSPS) is 21.9. The monoisotopic (exact) mass is 468 g/mol. The molecule has 178 valence electrons. The van der Waals surface area contributed by atoms with Crippen LogP contribution in [0.2, 0.25) is 0 Å². The smallest absolute Gasteiger partial charge is 0.252 e. The number of rotatable bonds is 8. The van der Waals surface area contributed by atoms with E-state index < -0.39 is 30.4 Å². The van der Waals surface area contributed by atoms with Crippen molar-refractivity contribution in [2.24, 2.45) is 5.11 Å². The first-order chi connectivity index (χ1) is 16.4. The third-order valence-electron chi connectivity index (χ3n) is 5.36. The van der Waals surface area contributed by atoms with Gasteiger partial charge in [0.1, 0.15) is 17.7 Å². The lowest BCUT2D eigenvalue weighted by atomic mass is 10.1. The molecular weight excluding hydrogens is 444 g/mol. The molecule has 34 heavy (non-hydrogen) atoms. The molecule has 2 aromatic heterocycles. The summed E-state index contributed by atoms with van der Waals surface area (Å²) in [5, 5.41) is 30.0. The van der Waals surface area contributed by atoms with Crippen molar-refractivity contribution in [1.29, 1.82) is 0 Å². The van der Waals surface area contributed by atoms with E-state index >= 15 is 0 Å². The van der Waals surface area contributed by atoms with Gasteiger partial charge in [-0.25, -0.2) is 4.98 Å². The lowest BCUT2D eigenvalue weighted by Crippen LogP contribution is -2.42.